The van der Waals surface area contributed by atoms with Gasteiger partial charge in [0.05, 0.1) is 20.0 Å². The van der Waals surface area contributed by atoms with Crippen molar-refractivity contribution in [3.05, 3.63) is 102 Å². The van der Waals surface area contributed by atoms with Gasteiger partial charge in [-0.05, 0) is 28.8 Å². The quantitative estimate of drug-likeness (QED) is 0.307. The molecule has 7 nitrogen and oxygen atoms in total. The summed E-state index contributed by atoms with van der Waals surface area (Å²) >= 11 is 0. The van der Waals surface area contributed by atoms with Gasteiger partial charge in [-0.2, -0.15) is 8.42 Å². The van der Waals surface area contributed by atoms with Crippen molar-refractivity contribution in [2.24, 2.45) is 0 Å². The van der Waals surface area contributed by atoms with Crippen molar-refractivity contribution in [2.75, 3.05) is 27.1 Å². The third-order valence-corrected chi connectivity index (χ3v) is 6.43. The first kappa shape index (κ1) is 24.0. The van der Waals surface area contributed by atoms with Gasteiger partial charge >= 0.3 is 0 Å². The summed E-state index contributed by atoms with van der Waals surface area (Å²) in [5.41, 5.74) is 1.50. The molecule has 1 aliphatic heterocycles. The van der Waals surface area contributed by atoms with Gasteiger partial charge in [0, 0.05) is 14.9 Å². The lowest BCUT2D eigenvalue weighted by atomic mass is 9.80. The van der Waals surface area contributed by atoms with E-state index in [9.17, 15) is 8.42 Å². The number of methoxy groups -OCH3 is 2. The van der Waals surface area contributed by atoms with Crippen molar-refractivity contribution in [3.63, 3.8) is 0 Å². The van der Waals surface area contributed by atoms with Crippen molar-refractivity contribution >= 4 is 10.1 Å². The Morgan fingerprint density at radius 1 is 0.914 bits per heavy atom. The number of ether oxygens (including phenoxy) is 4. The smallest absolute Gasteiger partial charge is 0.264 e. The molecule has 1 saturated heterocycles. The highest BCUT2D eigenvalue weighted by Gasteiger charge is 2.43. The molecule has 1 heterocycles. The molecule has 0 bridgehead atoms. The minimum absolute atomic E-state index is 0.0642. The van der Waals surface area contributed by atoms with E-state index in [1.165, 1.54) is 7.11 Å². The highest BCUT2D eigenvalue weighted by Crippen LogP contribution is 2.42. The van der Waals surface area contributed by atoms with E-state index in [0.717, 1.165) is 22.9 Å². The van der Waals surface area contributed by atoms with Crippen LogP contribution in [0.2, 0.25) is 0 Å². The van der Waals surface area contributed by atoms with Gasteiger partial charge in [-0.3, -0.25) is 4.18 Å². The maximum absolute atomic E-state index is 11.9. The van der Waals surface area contributed by atoms with Crippen LogP contribution in [-0.2, 0) is 34.1 Å². The number of hydrogen-bond acceptors (Lipinski definition) is 7. The molecular weight excluding hydrogens is 468 g/mol. The van der Waals surface area contributed by atoms with Gasteiger partial charge in [-0.1, -0.05) is 72.8 Å². The predicted molar refractivity (Wildman–Crippen MR) is 132 cm³/mol. The van der Waals surface area contributed by atoms with Gasteiger partial charge in [-0.25, -0.2) is 0 Å². The SMILES string of the molecule is [2H][C@H]1[C@H](OC)O[C@H](COC(c2ccccc2)(c2ccccc2)c2ccc(OC)cc2)[C@@H]1OS(C)(=O)=O. The fraction of sp³-hybridized carbons (Fsp3) is 0.333. The molecule has 0 unspecified atom stereocenters. The second-order valence-corrected chi connectivity index (χ2v) is 9.79. The molecule has 0 spiro atoms. The molecule has 3 aromatic carbocycles. The van der Waals surface area contributed by atoms with Crippen molar-refractivity contribution in [1.29, 1.82) is 0 Å². The molecule has 0 aliphatic carbocycles. The summed E-state index contributed by atoms with van der Waals surface area (Å²) in [6, 6.07) is 27.1. The zero-order chi connectivity index (χ0) is 25.8. The Hall–Kier alpha value is -2.75. The molecule has 0 radical (unpaired) electrons. The van der Waals surface area contributed by atoms with E-state index in [-0.39, 0.29) is 6.61 Å². The van der Waals surface area contributed by atoms with E-state index in [2.05, 4.69) is 0 Å². The lowest BCUT2D eigenvalue weighted by Gasteiger charge is -2.37. The summed E-state index contributed by atoms with van der Waals surface area (Å²) in [6.45, 7) is -0.0642. The van der Waals surface area contributed by atoms with Crippen LogP contribution in [0.5, 0.6) is 5.75 Å². The minimum Gasteiger partial charge on any atom is -0.497 e. The Labute approximate surface area is 208 Å². The highest BCUT2D eigenvalue weighted by atomic mass is 32.2. The third-order valence-electron chi connectivity index (χ3n) is 5.86. The fourth-order valence-corrected chi connectivity index (χ4v) is 4.86. The molecule has 3 aromatic rings. The van der Waals surface area contributed by atoms with Gasteiger partial charge < -0.3 is 18.9 Å². The summed E-state index contributed by atoms with van der Waals surface area (Å²) in [5, 5.41) is 0. The second-order valence-electron chi connectivity index (χ2n) is 8.19. The summed E-state index contributed by atoms with van der Waals surface area (Å²) in [7, 11) is -0.836. The van der Waals surface area contributed by atoms with E-state index in [4.69, 9.17) is 24.5 Å². The normalized spacial score (nSPS) is 23.1. The first-order chi connectivity index (χ1) is 17.3. The summed E-state index contributed by atoms with van der Waals surface area (Å²) in [4.78, 5) is 0. The van der Waals surface area contributed by atoms with E-state index in [1.807, 2.05) is 84.9 Å². The maximum atomic E-state index is 11.9. The van der Waals surface area contributed by atoms with Crippen LogP contribution in [0.3, 0.4) is 0 Å². The maximum Gasteiger partial charge on any atom is 0.264 e. The first-order valence-corrected chi connectivity index (χ1v) is 13.0. The molecule has 4 rings (SSSR count). The molecule has 0 aromatic heterocycles. The largest absolute Gasteiger partial charge is 0.497 e. The average molecular weight is 500 g/mol. The Morgan fingerprint density at radius 3 is 1.94 bits per heavy atom. The van der Waals surface area contributed by atoms with Crippen LogP contribution < -0.4 is 4.74 Å². The number of benzene rings is 3. The van der Waals surface area contributed by atoms with Crippen LogP contribution in [0, 0.1) is 0 Å². The van der Waals surface area contributed by atoms with E-state index < -0.39 is 40.6 Å². The van der Waals surface area contributed by atoms with Gasteiger partial charge in [0.2, 0.25) is 0 Å². The Morgan fingerprint density at radius 2 is 1.46 bits per heavy atom. The molecule has 35 heavy (non-hydrogen) atoms. The zero-order valence-corrected chi connectivity index (χ0v) is 20.7. The Kier molecular flexibility index (Phi) is 7.46. The van der Waals surface area contributed by atoms with Gasteiger partial charge in [0.1, 0.15) is 23.6 Å². The molecule has 0 saturated carbocycles. The van der Waals surface area contributed by atoms with Crippen LogP contribution in [0.4, 0.5) is 0 Å². The summed E-state index contributed by atoms with van der Waals surface area (Å²) in [5.74, 6) is 0.703. The molecule has 186 valence electrons. The van der Waals surface area contributed by atoms with E-state index in [1.54, 1.807) is 7.11 Å². The summed E-state index contributed by atoms with van der Waals surface area (Å²) in [6.07, 6.45) is -3.02. The predicted octanol–water partition coefficient (Wildman–Crippen LogP) is 4.11. The molecule has 1 aliphatic rings. The van der Waals surface area contributed by atoms with Crippen LogP contribution in [0.1, 0.15) is 24.5 Å². The van der Waals surface area contributed by atoms with E-state index in [0.29, 0.717) is 5.75 Å². The molecule has 4 atom stereocenters. The number of rotatable bonds is 10. The molecule has 8 heteroatoms. The molecule has 1 fully saturated rings. The lowest BCUT2D eigenvalue weighted by molar-refractivity contribution is -0.143. The standard InChI is InChI=1S/C27H30O7S/c1-30-23-16-14-22(15-17-23)27(20-10-6-4-7-11-20,21-12-8-5-9-13-21)32-19-25-24(34-35(3,28)29)18-26(31-2)33-25/h4-17,24-26H,18-19H2,1-3H3/t24-,25-,26-/m1/s1/i18D/t18-,24-,25-,26-. The molecule has 0 N–H and O–H groups in total. The Balaban J connectivity index is 1.80. The summed E-state index contributed by atoms with van der Waals surface area (Å²) < 4.78 is 60.8. The monoisotopic (exact) mass is 499 g/mol. The topological polar surface area (TPSA) is 80.3 Å². The number of hydrogen-bond donors (Lipinski definition) is 0. The van der Waals surface area contributed by atoms with Crippen LogP contribution in [-0.4, -0.2) is 54.0 Å². The van der Waals surface area contributed by atoms with Crippen molar-refractivity contribution < 1.29 is 32.9 Å². The second kappa shape index (κ2) is 10.9. The van der Waals surface area contributed by atoms with E-state index >= 15 is 0 Å². The van der Waals surface area contributed by atoms with Crippen molar-refractivity contribution in [3.8, 4) is 5.75 Å². The van der Waals surface area contributed by atoms with Gasteiger partial charge in [0.15, 0.2) is 6.29 Å². The lowest BCUT2D eigenvalue weighted by Crippen LogP contribution is -2.39. The first-order valence-electron chi connectivity index (χ1n) is 11.7. The third kappa shape index (κ3) is 5.74. The van der Waals surface area contributed by atoms with Crippen LogP contribution in [0.15, 0.2) is 84.9 Å². The molecule has 0 amide bonds. The Bertz CT molecular complexity index is 1180. The molecular formula is C27H30O7S. The van der Waals surface area contributed by atoms with Crippen LogP contribution >= 0.6 is 0 Å². The van der Waals surface area contributed by atoms with Crippen molar-refractivity contribution in [1.82, 2.24) is 0 Å². The van der Waals surface area contributed by atoms with Crippen molar-refractivity contribution in [2.45, 2.75) is 30.5 Å². The average Bonchev–Trinajstić information content (AvgIpc) is 3.19. The van der Waals surface area contributed by atoms with Crippen LogP contribution in [0.25, 0.3) is 0 Å². The fourth-order valence-electron chi connectivity index (χ4n) is 4.27. The van der Waals surface area contributed by atoms with Gasteiger partial charge in [-0.15, -0.1) is 0 Å². The van der Waals surface area contributed by atoms with Gasteiger partial charge in [0.25, 0.3) is 10.1 Å². The highest BCUT2D eigenvalue weighted by molar-refractivity contribution is 7.86. The zero-order valence-electron chi connectivity index (χ0n) is 20.9. The minimum atomic E-state index is -3.85.